The van der Waals surface area contributed by atoms with Crippen molar-refractivity contribution in [3.05, 3.63) is 35.9 Å². The fourth-order valence-electron chi connectivity index (χ4n) is 1.57. The molecule has 1 aromatic heterocycles. The first-order valence-electron chi connectivity index (χ1n) is 6.04. The monoisotopic (exact) mass is 312 g/mol. The van der Waals surface area contributed by atoms with Crippen molar-refractivity contribution in [2.75, 3.05) is 11.1 Å². The molecule has 2 rings (SSSR count). The number of carbonyl (C=O) groups excluding carboxylic acids is 1. The van der Waals surface area contributed by atoms with Crippen LogP contribution in [0.3, 0.4) is 0 Å². The van der Waals surface area contributed by atoms with Gasteiger partial charge in [-0.1, -0.05) is 6.07 Å². The largest absolute Gasteiger partial charge is 0.326 e. The minimum absolute atomic E-state index is 0.270. The summed E-state index contributed by atoms with van der Waals surface area (Å²) in [4.78, 5) is 15.4. The highest BCUT2D eigenvalue weighted by Crippen LogP contribution is 2.11. The van der Waals surface area contributed by atoms with Crippen molar-refractivity contribution in [1.29, 1.82) is 0 Å². The number of benzene rings is 1. The molecule has 0 saturated carbocycles. The van der Waals surface area contributed by atoms with Gasteiger partial charge in [-0.3, -0.25) is 9.89 Å². The van der Waals surface area contributed by atoms with Crippen LogP contribution >= 0.6 is 0 Å². The summed E-state index contributed by atoms with van der Waals surface area (Å²) in [6.45, 7) is 1.57. The van der Waals surface area contributed by atoms with Gasteiger partial charge in [0, 0.05) is 12.1 Å². The summed E-state index contributed by atoms with van der Waals surface area (Å²) in [7, 11) is -3.72. The Morgan fingerprint density at radius 3 is 2.81 bits per heavy atom. The molecule has 0 aliphatic rings. The van der Waals surface area contributed by atoms with Crippen LogP contribution in [0.1, 0.15) is 12.2 Å². The number of halogens is 1. The van der Waals surface area contributed by atoms with Crippen LogP contribution in [-0.4, -0.2) is 35.3 Å². The molecule has 0 bridgehead atoms. The molecule has 0 radical (unpaired) electrons. The lowest BCUT2D eigenvalue weighted by Crippen LogP contribution is -2.18. The fraction of sp³-hybridized carbons (Fsp3) is 0.250. The molecule has 1 aromatic carbocycles. The molecule has 1 heterocycles. The van der Waals surface area contributed by atoms with Crippen LogP contribution in [-0.2, 0) is 14.6 Å². The number of aryl methyl sites for hydroxylation is 1. The van der Waals surface area contributed by atoms with Gasteiger partial charge < -0.3 is 5.32 Å². The Hall–Kier alpha value is -2.29. The van der Waals surface area contributed by atoms with Crippen LogP contribution < -0.4 is 5.32 Å². The van der Waals surface area contributed by atoms with Crippen molar-refractivity contribution in [2.45, 2.75) is 18.5 Å². The van der Waals surface area contributed by atoms with Gasteiger partial charge in [0.2, 0.25) is 15.7 Å². The topological polar surface area (TPSA) is 105 Å². The Kier molecular flexibility index (Phi) is 4.32. The minimum Gasteiger partial charge on any atom is -0.326 e. The summed E-state index contributed by atoms with van der Waals surface area (Å²) in [5.74, 6) is -1.07. The molecule has 2 aromatic rings. The van der Waals surface area contributed by atoms with Gasteiger partial charge in [0.15, 0.2) is 0 Å². The third-order valence-corrected chi connectivity index (χ3v) is 4.04. The average Bonchev–Trinajstić information content (AvgIpc) is 2.84. The van der Waals surface area contributed by atoms with Crippen LogP contribution in [0.4, 0.5) is 10.1 Å². The summed E-state index contributed by atoms with van der Waals surface area (Å²) in [6, 6.07) is 5.34. The van der Waals surface area contributed by atoms with E-state index in [1.807, 2.05) is 0 Å². The Balaban J connectivity index is 1.95. The predicted octanol–water partition coefficient (Wildman–Crippen LogP) is 1.05. The molecule has 0 spiro atoms. The molecule has 21 heavy (non-hydrogen) atoms. The van der Waals surface area contributed by atoms with Crippen LogP contribution in [0.15, 0.2) is 29.4 Å². The van der Waals surface area contributed by atoms with E-state index in [-0.39, 0.29) is 17.3 Å². The third-order valence-electron chi connectivity index (χ3n) is 2.56. The number of H-pyrrole nitrogens is 1. The van der Waals surface area contributed by atoms with Gasteiger partial charge in [-0.2, -0.15) is 0 Å². The van der Waals surface area contributed by atoms with E-state index in [9.17, 15) is 17.6 Å². The number of carbonyl (C=O) groups is 1. The number of hydrogen-bond acceptors (Lipinski definition) is 5. The molecule has 9 heteroatoms. The number of aromatic nitrogens is 3. The van der Waals surface area contributed by atoms with Gasteiger partial charge >= 0.3 is 0 Å². The normalized spacial score (nSPS) is 11.3. The summed E-state index contributed by atoms with van der Waals surface area (Å²) in [5.41, 5.74) is 0.270. The summed E-state index contributed by atoms with van der Waals surface area (Å²) < 4.78 is 36.7. The van der Waals surface area contributed by atoms with E-state index in [0.717, 1.165) is 6.07 Å². The Morgan fingerprint density at radius 1 is 1.43 bits per heavy atom. The number of hydrogen-bond donors (Lipinski definition) is 2. The molecule has 1 amide bonds. The quantitative estimate of drug-likeness (QED) is 0.858. The van der Waals surface area contributed by atoms with Gasteiger partial charge in [-0.05, 0) is 25.1 Å². The van der Waals surface area contributed by atoms with E-state index in [2.05, 4.69) is 20.5 Å². The van der Waals surface area contributed by atoms with Gasteiger partial charge in [0.1, 0.15) is 11.6 Å². The zero-order valence-electron chi connectivity index (χ0n) is 11.1. The molecule has 2 N–H and O–H groups in total. The second-order valence-electron chi connectivity index (χ2n) is 4.33. The number of anilines is 1. The highest BCUT2D eigenvalue weighted by Gasteiger charge is 2.21. The molecule has 0 aliphatic carbocycles. The van der Waals surface area contributed by atoms with Crippen LogP contribution in [0.2, 0.25) is 0 Å². The molecular weight excluding hydrogens is 299 g/mol. The lowest BCUT2D eigenvalue weighted by molar-refractivity contribution is -0.115. The van der Waals surface area contributed by atoms with E-state index >= 15 is 0 Å². The highest BCUT2D eigenvalue weighted by molar-refractivity contribution is 7.91. The van der Waals surface area contributed by atoms with Crippen molar-refractivity contribution in [1.82, 2.24) is 15.2 Å². The van der Waals surface area contributed by atoms with Gasteiger partial charge in [-0.25, -0.2) is 17.8 Å². The number of aromatic amines is 1. The zero-order valence-corrected chi connectivity index (χ0v) is 11.9. The number of amides is 1. The van der Waals surface area contributed by atoms with E-state index in [4.69, 9.17) is 0 Å². The molecule has 0 unspecified atom stereocenters. The third kappa shape index (κ3) is 4.09. The standard InChI is InChI=1S/C12H13FN4O3S/c1-8-14-12(17-16-8)21(19,20)6-5-11(18)15-10-4-2-3-9(13)7-10/h2-4,7H,5-6H2,1H3,(H,15,18)(H,14,16,17). The van der Waals surface area contributed by atoms with Gasteiger partial charge in [-0.15, -0.1) is 5.10 Å². The number of nitrogens with zero attached hydrogens (tertiary/aromatic N) is 2. The maximum Gasteiger partial charge on any atom is 0.266 e. The maximum atomic E-state index is 12.9. The first kappa shape index (κ1) is 15.1. The first-order chi connectivity index (χ1) is 9.87. The lowest BCUT2D eigenvalue weighted by Gasteiger charge is -2.04. The first-order valence-corrected chi connectivity index (χ1v) is 7.69. The van der Waals surface area contributed by atoms with E-state index in [0.29, 0.717) is 5.82 Å². The fourth-order valence-corrected chi connectivity index (χ4v) is 2.67. The predicted molar refractivity (Wildman–Crippen MR) is 72.8 cm³/mol. The second-order valence-corrected chi connectivity index (χ2v) is 6.33. The van der Waals surface area contributed by atoms with E-state index in [1.165, 1.54) is 18.2 Å². The highest BCUT2D eigenvalue weighted by atomic mass is 32.2. The van der Waals surface area contributed by atoms with E-state index < -0.39 is 27.3 Å². The Bertz CT molecular complexity index is 757. The van der Waals surface area contributed by atoms with Crippen molar-refractivity contribution in [3.63, 3.8) is 0 Å². The molecule has 0 atom stereocenters. The molecule has 112 valence electrons. The average molecular weight is 312 g/mol. The Morgan fingerprint density at radius 2 is 2.19 bits per heavy atom. The number of nitrogens with one attached hydrogen (secondary N) is 2. The summed E-state index contributed by atoms with van der Waals surface area (Å²) in [5, 5.41) is 8.07. The van der Waals surface area contributed by atoms with Crippen LogP contribution in [0.25, 0.3) is 0 Å². The molecule has 0 fully saturated rings. The number of rotatable bonds is 5. The molecular formula is C12H13FN4O3S. The van der Waals surface area contributed by atoms with Gasteiger partial charge in [0.25, 0.3) is 5.16 Å². The van der Waals surface area contributed by atoms with Gasteiger partial charge in [0.05, 0.1) is 5.75 Å². The van der Waals surface area contributed by atoms with Crippen molar-refractivity contribution < 1.29 is 17.6 Å². The number of sulfone groups is 1. The molecule has 7 nitrogen and oxygen atoms in total. The van der Waals surface area contributed by atoms with Crippen molar-refractivity contribution in [2.24, 2.45) is 0 Å². The van der Waals surface area contributed by atoms with Crippen LogP contribution in [0, 0.1) is 12.7 Å². The summed E-state index contributed by atoms with van der Waals surface area (Å²) >= 11 is 0. The molecule has 0 saturated heterocycles. The van der Waals surface area contributed by atoms with Crippen molar-refractivity contribution in [3.8, 4) is 0 Å². The smallest absolute Gasteiger partial charge is 0.266 e. The molecule has 0 aliphatic heterocycles. The zero-order chi connectivity index (χ0) is 15.5. The Labute approximate surface area is 120 Å². The van der Waals surface area contributed by atoms with Crippen LogP contribution in [0.5, 0.6) is 0 Å². The second kappa shape index (κ2) is 6.00. The maximum absolute atomic E-state index is 12.9. The SMILES string of the molecule is Cc1nc(S(=O)(=O)CCC(=O)Nc2cccc(F)c2)n[nH]1. The van der Waals surface area contributed by atoms with E-state index in [1.54, 1.807) is 6.92 Å². The summed E-state index contributed by atoms with van der Waals surface area (Å²) in [6.07, 6.45) is -0.271. The van der Waals surface area contributed by atoms with Crippen molar-refractivity contribution >= 4 is 21.4 Å². The lowest BCUT2D eigenvalue weighted by atomic mass is 10.3. The minimum atomic E-state index is -3.72.